The predicted octanol–water partition coefficient (Wildman–Crippen LogP) is 1.28. The third kappa shape index (κ3) is 4.17. The highest BCUT2D eigenvalue weighted by Crippen LogP contribution is 2.20. The van der Waals surface area contributed by atoms with Crippen molar-refractivity contribution in [3.8, 4) is 0 Å². The third-order valence-electron chi connectivity index (χ3n) is 3.86. The van der Waals surface area contributed by atoms with Gasteiger partial charge in [-0.05, 0) is 37.1 Å². The average molecular weight is 334 g/mol. The van der Waals surface area contributed by atoms with E-state index in [0.29, 0.717) is 17.5 Å². The number of rotatable bonds is 5. The van der Waals surface area contributed by atoms with E-state index in [1.807, 2.05) is 12.1 Å². The number of nitrogens with zero attached hydrogens (tertiary/aromatic N) is 2. The first kappa shape index (κ1) is 18.4. The Kier molecular flexibility index (Phi) is 6.62. The van der Waals surface area contributed by atoms with E-state index in [2.05, 4.69) is 4.90 Å². The van der Waals surface area contributed by atoms with Gasteiger partial charge in [0, 0.05) is 33.2 Å². The van der Waals surface area contributed by atoms with Crippen LogP contribution in [-0.4, -0.2) is 50.8 Å². The molecule has 1 saturated heterocycles. The molecule has 2 N–H and O–H groups in total. The largest absolute Gasteiger partial charge is 0.329 e. The minimum atomic E-state index is -3.34. The number of hydrogen-bond donors (Lipinski definition) is 1. The van der Waals surface area contributed by atoms with Crippen molar-refractivity contribution in [2.45, 2.75) is 30.3 Å². The van der Waals surface area contributed by atoms with Gasteiger partial charge in [-0.25, -0.2) is 12.7 Å². The Morgan fingerprint density at radius 2 is 1.90 bits per heavy atom. The average Bonchev–Trinajstić information content (AvgIpc) is 2.86. The van der Waals surface area contributed by atoms with Crippen molar-refractivity contribution in [1.29, 1.82) is 0 Å². The van der Waals surface area contributed by atoms with Gasteiger partial charge in [-0.3, -0.25) is 4.90 Å². The molecule has 5 nitrogen and oxygen atoms in total. The highest BCUT2D eigenvalue weighted by Gasteiger charge is 2.23. The van der Waals surface area contributed by atoms with Gasteiger partial charge in [-0.1, -0.05) is 12.1 Å². The number of benzene rings is 1. The van der Waals surface area contributed by atoms with E-state index < -0.39 is 10.0 Å². The highest BCUT2D eigenvalue weighted by molar-refractivity contribution is 7.89. The van der Waals surface area contributed by atoms with Gasteiger partial charge in [0.1, 0.15) is 0 Å². The van der Waals surface area contributed by atoms with Crippen molar-refractivity contribution < 1.29 is 8.42 Å². The van der Waals surface area contributed by atoms with Gasteiger partial charge < -0.3 is 5.73 Å². The van der Waals surface area contributed by atoms with Crippen LogP contribution in [0.1, 0.15) is 18.4 Å². The minimum Gasteiger partial charge on any atom is -0.329 e. The summed E-state index contributed by atoms with van der Waals surface area (Å²) in [4.78, 5) is 2.71. The van der Waals surface area contributed by atoms with E-state index in [4.69, 9.17) is 5.73 Å². The van der Waals surface area contributed by atoms with Gasteiger partial charge in [0.2, 0.25) is 10.0 Å². The van der Waals surface area contributed by atoms with Crippen LogP contribution >= 0.6 is 12.4 Å². The molecule has 1 heterocycles. The Labute approximate surface area is 133 Å². The molecule has 0 amide bonds. The lowest BCUT2D eigenvalue weighted by Gasteiger charge is -2.23. The Balaban J connectivity index is 0.00000220. The molecular formula is C14H24ClN3O2S. The number of likely N-dealkylation sites (tertiary alicyclic amines) is 1. The molecule has 0 aromatic heterocycles. The molecule has 7 heteroatoms. The molecule has 1 aliphatic rings. The maximum atomic E-state index is 12.0. The highest BCUT2D eigenvalue weighted by atomic mass is 35.5. The number of halogens is 1. The monoisotopic (exact) mass is 333 g/mol. The fourth-order valence-electron chi connectivity index (χ4n) is 2.58. The van der Waals surface area contributed by atoms with Crippen LogP contribution in [0.5, 0.6) is 0 Å². The molecule has 1 aromatic rings. The summed E-state index contributed by atoms with van der Waals surface area (Å²) in [5.41, 5.74) is 6.89. The second kappa shape index (κ2) is 7.56. The summed E-state index contributed by atoms with van der Waals surface area (Å²) < 4.78 is 25.2. The summed E-state index contributed by atoms with van der Waals surface area (Å²) in [7, 11) is -0.255. The lowest BCUT2D eigenvalue weighted by atomic mass is 10.2. The normalized spacial score (nSPS) is 19.7. The van der Waals surface area contributed by atoms with Crippen LogP contribution in [-0.2, 0) is 16.6 Å². The summed E-state index contributed by atoms with van der Waals surface area (Å²) in [6.07, 6.45) is 2.35. The molecule has 0 aliphatic carbocycles. The molecule has 21 heavy (non-hydrogen) atoms. The SMILES string of the molecule is CN(C)S(=O)(=O)c1ccc(CN2CCCC2CN)cc1.Cl. The fraction of sp³-hybridized carbons (Fsp3) is 0.571. The zero-order valence-electron chi connectivity index (χ0n) is 12.5. The molecule has 2 rings (SSSR count). The lowest BCUT2D eigenvalue weighted by Crippen LogP contribution is -2.34. The number of sulfonamides is 1. The van der Waals surface area contributed by atoms with Gasteiger partial charge in [0.15, 0.2) is 0 Å². The molecule has 1 aromatic carbocycles. The smallest absolute Gasteiger partial charge is 0.242 e. The molecule has 1 unspecified atom stereocenters. The topological polar surface area (TPSA) is 66.6 Å². The van der Waals surface area contributed by atoms with E-state index in [9.17, 15) is 8.42 Å². The van der Waals surface area contributed by atoms with Crippen molar-refractivity contribution in [3.05, 3.63) is 29.8 Å². The molecule has 120 valence electrons. The minimum absolute atomic E-state index is 0. The van der Waals surface area contributed by atoms with Crippen LogP contribution in [0.25, 0.3) is 0 Å². The van der Waals surface area contributed by atoms with Crippen LogP contribution in [0.15, 0.2) is 29.2 Å². The van der Waals surface area contributed by atoms with Crippen LogP contribution in [0.4, 0.5) is 0 Å². The first-order chi connectivity index (χ1) is 9.45. The molecule has 1 aliphatic heterocycles. The maximum absolute atomic E-state index is 12.0. The lowest BCUT2D eigenvalue weighted by molar-refractivity contribution is 0.250. The molecule has 0 spiro atoms. The molecule has 1 atom stereocenters. The van der Waals surface area contributed by atoms with Gasteiger partial charge >= 0.3 is 0 Å². The quantitative estimate of drug-likeness (QED) is 0.881. The van der Waals surface area contributed by atoms with E-state index in [-0.39, 0.29) is 12.4 Å². The Morgan fingerprint density at radius 3 is 2.43 bits per heavy atom. The predicted molar refractivity (Wildman–Crippen MR) is 87.0 cm³/mol. The second-order valence-electron chi connectivity index (χ2n) is 5.43. The van der Waals surface area contributed by atoms with Crippen molar-refractivity contribution in [1.82, 2.24) is 9.21 Å². The van der Waals surface area contributed by atoms with Crippen LogP contribution in [0.3, 0.4) is 0 Å². The van der Waals surface area contributed by atoms with E-state index in [0.717, 1.165) is 25.1 Å². The molecule has 1 fully saturated rings. The Bertz CT molecular complexity index is 546. The molecular weight excluding hydrogens is 310 g/mol. The van der Waals surface area contributed by atoms with Crippen molar-refractivity contribution in [2.24, 2.45) is 5.73 Å². The summed E-state index contributed by atoms with van der Waals surface area (Å²) >= 11 is 0. The first-order valence-electron chi connectivity index (χ1n) is 6.90. The number of nitrogens with two attached hydrogens (primary N) is 1. The van der Waals surface area contributed by atoms with E-state index in [1.54, 1.807) is 26.2 Å². The third-order valence-corrected chi connectivity index (χ3v) is 5.69. The Hall–Kier alpha value is -0.660. The van der Waals surface area contributed by atoms with Gasteiger partial charge in [0.25, 0.3) is 0 Å². The van der Waals surface area contributed by atoms with Crippen LogP contribution in [0, 0.1) is 0 Å². The van der Waals surface area contributed by atoms with Gasteiger partial charge in [0.05, 0.1) is 4.90 Å². The summed E-state index contributed by atoms with van der Waals surface area (Å²) in [5, 5.41) is 0. The van der Waals surface area contributed by atoms with Crippen molar-refractivity contribution in [3.63, 3.8) is 0 Å². The Morgan fingerprint density at radius 1 is 1.29 bits per heavy atom. The van der Waals surface area contributed by atoms with E-state index >= 15 is 0 Å². The summed E-state index contributed by atoms with van der Waals surface area (Å²) in [5.74, 6) is 0. The van der Waals surface area contributed by atoms with Crippen LogP contribution in [0.2, 0.25) is 0 Å². The number of hydrogen-bond acceptors (Lipinski definition) is 4. The second-order valence-corrected chi connectivity index (χ2v) is 7.59. The molecule has 0 bridgehead atoms. The zero-order chi connectivity index (χ0) is 14.8. The first-order valence-corrected chi connectivity index (χ1v) is 8.34. The zero-order valence-corrected chi connectivity index (χ0v) is 14.2. The summed E-state index contributed by atoms with van der Waals surface area (Å²) in [6, 6.07) is 7.60. The van der Waals surface area contributed by atoms with Crippen molar-refractivity contribution in [2.75, 3.05) is 27.2 Å². The van der Waals surface area contributed by atoms with Gasteiger partial charge in [-0.2, -0.15) is 0 Å². The standard InChI is InChI=1S/C14H23N3O2S.ClH/c1-16(2)20(18,19)14-7-5-12(6-8-14)11-17-9-3-4-13(17)10-15;/h5-8,13H,3-4,9-11,15H2,1-2H3;1H. The maximum Gasteiger partial charge on any atom is 0.242 e. The van der Waals surface area contributed by atoms with Gasteiger partial charge in [-0.15, -0.1) is 12.4 Å². The molecule has 0 radical (unpaired) electrons. The van der Waals surface area contributed by atoms with Crippen LogP contribution < -0.4 is 5.73 Å². The van der Waals surface area contributed by atoms with Crippen molar-refractivity contribution >= 4 is 22.4 Å². The summed E-state index contributed by atoms with van der Waals surface area (Å²) in [6.45, 7) is 2.59. The molecule has 0 saturated carbocycles. The van der Waals surface area contributed by atoms with E-state index in [1.165, 1.54) is 10.7 Å². The fourth-order valence-corrected chi connectivity index (χ4v) is 3.48.